The average Bonchev–Trinajstić information content (AvgIpc) is 2.47. The molecule has 0 aliphatic rings. The SMILES string of the molecule is CC(C)Oc1cc(N(C)Cc2ccc(CN)cc2)ncn1. The Bertz CT molecular complexity index is 569. The van der Waals surface area contributed by atoms with Gasteiger partial charge in [0.25, 0.3) is 0 Å². The summed E-state index contributed by atoms with van der Waals surface area (Å²) in [6, 6.07) is 10.1. The number of nitrogens with two attached hydrogens (primary N) is 1. The Hall–Kier alpha value is -2.14. The summed E-state index contributed by atoms with van der Waals surface area (Å²) in [4.78, 5) is 10.5. The first-order valence-electron chi connectivity index (χ1n) is 7.06. The van der Waals surface area contributed by atoms with Crippen LogP contribution < -0.4 is 15.4 Å². The second-order valence-corrected chi connectivity index (χ2v) is 5.26. The highest BCUT2D eigenvalue weighted by atomic mass is 16.5. The highest BCUT2D eigenvalue weighted by molar-refractivity contribution is 5.41. The molecule has 0 unspecified atom stereocenters. The smallest absolute Gasteiger partial charge is 0.218 e. The van der Waals surface area contributed by atoms with Gasteiger partial charge in [-0.2, -0.15) is 0 Å². The number of aromatic nitrogens is 2. The molecule has 0 bridgehead atoms. The Morgan fingerprint density at radius 3 is 2.43 bits per heavy atom. The summed E-state index contributed by atoms with van der Waals surface area (Å²) in [6.07, 6.45) is 1.63. The second-order valence-electron chi connectivity index (χ2n) is 5.26. The average molecular weight is 286 g/mol. The molecule has 1 aromatic heterocycles. The molecule has 1 aromatic carbocycles. The van der Waals surface area contributed by atoms with E-state index < -0.39 is 0 Å². The van der Waals surface area contributed by atoms with Gasteiger partial charge in [0.05, 0.1) is 6.10 Å². The van der Waals surface area contributed by atoms with Gasteiger partial charge < -0.3 is 15.4 Å². The van der Waals surface area contributed by atoms with Crippen molar-refractivity contribution in [2.45, 2.75) is 33.0 Å². The summed E-state index contributed by atoms with van der Waals surface area (Å²) in [7, 11) is 2.00. The van der Waals surface area contributed by atoms with E-state index in [0.29, 0.717) is 12.4 Å². The van der Waals surface area contributed by atoms with Crippen LogP contribution in [0.15, 0.2) is 36.7 Å². The molecule has 2 rings (SSSR count). The van der Waals surface area contributed by atoms with Gasteiger partial charge in [-0.05, 0) is 25.0 Å². The number of ether oxygens (including phenoxy) is 1. The van der Waals surface area contributed by atoms with Crippen molar-refractivity contribution >= 4 is 5.82 Å². The molecule has 5 heteroatoms. The maximum Gasteiger partial charge on any atom is 0.218 e. The maximum atomic E-state index is 5.61. The standard InChI is InChI=1S/C16H22N4O/c1-12(2)21-16-8-15(18-11-19-16)20(3)10-14-6-4-13(9-17)5-7-14/h4-8,11-12H,9-10,17H2,1-3H3. The van der Waals surface area contributed by atoms with Crippen LogP contribution in [0.5, 0.6) is 5.88 Å². The van der Waals surface area contributed by atoms with Crippen molar-refractivity contribution in [2.75, 3.05) is 11.9 Å². The minimum atomic E-state index is 0.0989. The molecule has 0 fully saturated rings. The molecule has 0 atom stereocenters. The third-order valence-corrected chi connectivity index (χ3v) is 3.05. The monoisotopic (exact) mass is 286 g/mol. The van der Waals surface area contributed by atoms with Crippen molar-refractivity contribution in [3.8, 4) is 5.88 Å². The molecule has 0 amide bonds. The quantitative estimate of drug-likeness (QED) is 0.883. The van der Waals surface area contributed by atoms with Crippen LogP contribution in [0.2, 0.25) is 0 Å². The largest absolute Gasteiger partial charge is 0.475 e. The van der Waals surface area contributed by atoms with Crippen LogP contribution in [0.4, 0.5) is 5.82 Å². The Morgan fingerprint density at radius 2 is 1.81 bits per heavy atom. The zero-order valence-electron chi connectivity index (χ0n) is 12.8. The van der Waals surface area contributed by atoms with E-state index in [1.807, 2.05) is 27.0 Å². The van der Waals surface area contributed by atoms with Crippen molar-refractivity contribution in [1.82, 2.24) is 9.97 Å². The van der Waals surface area contributed by atoms with Crippen LogP contribution in [-0.4, -0.2) is 23.1 Å². The Kier molecular flexibility index (Phi) is 5.11. The minimum absolute atomic E-state index is 0.0989. The van der Waals surface area contributed by atoms with Gasteiger partial charge in [-0.1, -0.05) is 24.3 Å². The number of hydrogen-bond acceptors (Lipinski definition) is 5. The first-order chi connectivity index (χ1) is 10.1. The van der Waals surface area contributed by atoms with Gasteiger partial charge in [0.15, 0.2) is 0 Å². The predicted molar refractivity (Wildman–Crippen MR) is 84.2 cm³/mol. The lowest BCUT2D eigenvalue weighted by Gasteiger charge is -2.19. The first kappa shape index (κ1) is 15.3. The lowest BCUT2D eigenvalue weighted by Crippen LogP contribution is -2.18. The first-order valence-corrected chi connectivity index (χ1v) is 7.06. The summed E-state index contributed by atoms with van der Waals surface area (Å²) < 4.78 is 5.59. The molecular formula is C16H22N4O. The van der Waals surface area contributed by atoms with Gasteiger partial charge in [-0.15, -0.1) is 0 Å². The molecule has 0 aliphatic heterocycles. The molecular weight excluding hydrogens is 264 g/mol. The normalized spacial score (nSPS) is 10.7. The van der Waals surface area contributed by atoms with E-state index in [1.54, 1.807) is 0 Å². The van der Waals surface area contributed by atoms with Crippen LogP contribution in [0.25, 0.3) is 0 Å². The third kappa shape index (κ3) is 4.43. The third-order valence-electron chi connectivity index (χ3n) is 3.05. The van der Waals surface area contributed by atoms with Crippen LogP contribution in [0.1, 0.15) is 25.0 Å². The zero-order chi connectivity index (χ0) is 15.2. The maximum absolute atomic E-state index is 5.61. The Labute approximate surface area is 125 Å². The molecule has 5 nitrogen and oxygen atoms in total. The van der Waals surface area contributed by atoms with E-state index in [1.165, 1.54) is 11.9 Å². The van der Waals surface area contributed by atoms with E-state index in [0.717, 1.165) is 17.9 Å². The fraction of sp³-hybridized carbons (Fsp3) is 0.375. The lowest BCUT2D eigenvalue weighted by molar-refractivity contribution is 0.232. The van der Waals surface area contributed by atoms with E-state index in [9.17, 15) is 0 Å². The van der Waals surface area contributed by atoms with Crippen molar-refractivity contribution in [2.24, 2.45) is 5.73 Å². The molecule has 2 N–H and O–H groups in total. The number of rotatable bonds is 6. The minimum Gasteiger partial charge on any atom is -0.475 e. The van der Waals surface area contributed by atoms with Crippen LogP contribution in [0.3, 0.4) is 0 Å². The summed E-state index contributed by atoms with van der Waals surface area (Å²) in [5.41, 5.74) is 7.95. The van der Waals surface area contributed by atoms with E-state index in [4.69, 9.17) is 10.5 Å². The highest BCUT2D eigenvalue weighted by Gasteiger charge is 2.07. The van der Waals surface area contributed by atoms with Gasteiger partial charge in [0, 0.05) is 26.2 Å². The molecule has 2 aromatic rings. The fourth-order valence-corrected chi connectivity index (χ4v) is 1.98. The number of hydrogen-bond donors (Lipinski definition) is 1. The predicted octanol–water partition coefficient (Wildman–Crippen LogP) is 2.36. The summed E-state index contributed by atoms with van der Waals surface area (Å²) in [5.74, 6) is 1.43. The molecule has 0 saturated heterocycles. The van der Waals surface area contributed by atoms with Crippen molar-refractivity contribution < 1.29 is 4.74 Å². The number of anilines is 1. The van der Waals surface area contributed by atoms with Gasteiger partial charge in [0.1, 0.15) is 12.1 Å². The number of nitrogens with zero attached hydrogens (tertiary/aromatic N) is 3. The van der Waals surface area contributed by atoms with Gasteiger partial charge in [0.2, 0.25) is 5.88 Å². The van der Waals surface area contributed by atoms with Crippen molar-refractivity contribution in [3.63, 3.8) is 0 Å². The molecule has 0 aliphatic carbocycles. The van der Waals surface area contributed by atoms with Gasteiger partial charge in [-0.25, -0.2) is 9.97 Å². The van der Waals surface area contributed by atoms with Gasteiger partial charge in [-0.3, -0.25) is 0 Å². The highest BCUT2D eigenvalue weighted by Crippen LogP contribution is 2.17. The molecule has 0 spiro atoms. The van der Waals surface area contributed by atoms with Crippen LogP contribution in [-0.2, 0) is 13.1 Å². The molecule has 112 valence electrons. The van der Waals surface area contributed by atoms with Gasteiger partial charge >= 0.3 is 0 Å². The van der Waals surface area contributed by atoms with Crippen molar-refractivity contribution in [3.05, 3.63) is 47.8 Å². The molecule has 0 saturated carbocycles. The van der Waals surface area contributed by atoms with E-state index >= 15 is 0 Å². The molecule has 1 heterocycles. The topological polar surface area (TPSA) is 64.3 Å². The van der Waals surface area contributed by atoms with E-state index in [2.05, 4.69) is 39.1 Å². The lowest BCUT2D eigenvalue weighted by atomic mass is 10.1. The zero-order valence-corrected chi connectivity index (χ0v) is 12.8. The summed E-state index contributed by atoms with van der Waals surface area (Å²) >= 11 is 0. The van der Waals surface area contributed by atoms with E-state index in [-0.39, 0.29) is 6.10 Å². The Balaban J connectivity index is 2.06. The van der Waals surface area contributed by atoms with Crippen molar-refractivity contribution in [1.29, 1.82) is 0 Å². The molecule has 0 radical (unpaired) electrons. The molecule has 21 heavy (non-hydrogen) atoms. The summed E-state index contributed by atoms with van der Waals surface area (Å²) in [5, 5.41) is 0. The Morgan fingerprint density at radius 1 is 1.14 bits per heavy atom. The van der Waals surface area contributed by atoms with Crippen LogP contribution >= 0.6 is 0 Å². The fourth-order valence-electron chi connectivity index (χ4n) is 1.98. The summed E-state index contributed by atoms with van der Waals surface area (Å²) in [6.45, 7) is 5.29. The van der Waals surface area contributed by atoms with Crippen LogP contribution in [0, 0.1) is 0 Å². The number of benzene rings is 1. The second kappa shape index (κ2) is 7.04.